The molecule has 1 amide bonds. The minimum atomic E-state index is -2.88. The Morgan fingerprint density at radius 1 is 1.30 bits per heavy atom. The van der Waals surface area contributed by atoms with Gasteiger partial charge in [-0.3, -0.25) is 9.78 Å². The molecule has 128 valence electrons. The largest absolute Gasteiger partial charge is 0.345 e. The van der Waals surface area contributed by atoms with Gasteiger partial charge in [0.25, 0.3) is 0 Å². The van der Waals surface area contributed by atoms with Gasteiger partial charge in [0.15, 0.2) is 9.84 Å². The zero-order valence-corrected chi connectivity index (χ0v) is 14.6. The van der Waals surface area contributed by atoms with Gasteiger partial charge < -0.3 is 9.80 Å². The fourth-order valence-corrected chi connectivity index (χ4v) is 4.53. The van der Waals surface area contributed by atoms with Crippen molar-refractivity contribution in [1.82, 2.24) is 14.8 Å². The molecule has 0 radical (unpaired) electrons. The van der Waals surface area contributed by atoms with Crippen LogP contribution in [0.15, 0.2) is 24.4 Å². The molecule has 2 rings (SSSR count). The van der Waals surface area contributed by atoms with Gasteiger partial charge in [0, 0.05) is 50.9 Å². The number of likely N-dealkylation sites (N-methyl/N-ethyl adjacent to an activating group) is 1. The lowest BCUT2D eigenvalue weighted by molar-refractivity contribution is -0.130. The zero-order valence-electron chi connectivity index (χ0n) is 13.8. The average Bonchev–Trinajstić information content (AvgIpc) is 2.91. The maximum Gasteiger partial charge on any atom is 0.223 e. The Morgan fingerprint density at radius 3 is 2.70 bits per heavy atom. The molecule has 1 aliphatic rings. The van der Waals surface area contributed by atoms with E-state index in [0.29, 0.717) is 25.9 Å². The molecule has 6 nitrogen and oxygen atoms in total. The van der Waals surface area contributed by atoms with Crippen molar-refractivity contribution in [2.45, 2.75) is 25.3 Å². The highest BCUT2D eigenvalue weighted by Gasteiger charge is 2.30. The molecule has 1 fully saturated rings. The molecule has 0 saturated carbocycles. The van der Waals surface area contributed by atoms with Crippen molar-refractivity contribution in [1.29, 1.82) is 0 Å². The van der Waals surface area contributed by atoms with E-state index >= 15 is 0 Å². The van der Waals surface area contributed by atoms with E-state index in [2.05, 4.69) is 4.98 Å². The van der Waals surface area contributed by atoms with E-state index in [0.717, 1.165) is 12.1 Å². The maximum absolute atomic E-state index is 12.2. The van der Waals surface area contributed by atoms with E-state index in [1.807, 2.05) is 30.1 Å². The third-order valence-electron chi connectivity index (χ3n) is 4.37. The Morgan fingerprint density at radius 2 is 2.09 bits per heavy atom. The van der Waals surface area contributed by atoms with E-state index in [-0.39, 0.29) is 23.5 Å². The van der Waals surface area contributed by atoms with Crippen LogP contribution >= 0.6 is 0 Å². The molecule has 1 aromatic heterocycles. The molecule has 0 N–H and O–H groups in total. The third kappa shape index (κ3) is 5.58. The lowest BCUT2D eigenvalue weighted by Gasteiger charge is -2.24. The lowest BCUT2D eigenvalue weighted by atomic mass is 10.2. The molecule has 7 heteroatoms. The maximum atomic E-state index is 12.2. The summed E-state index contributed by atoms with van der Waals surface area (Å²) in [5.74, 6) is 0.557. The molecule has 0 aliphatic carbocycles. The molecule has 0 aromatic carbocycles. The Balaban J connectivity index is 1.71. The van der Waals surface area contributed by atoms with Crippen molar-refractivity contribution >= 4 is 15.7 Å². The summed E-state index contributed by atoms with van der Waals surface area (Å²) in [4.78, 5) is 20.1. The van der Waals surface area contributed by atoms with Gasteiger partial charge in [0.05, 0.1) is 11.5 Å². The highest BCUT2D eigenvalue weighted by atomic mass is 32.2. The van der Waals surface area contributed by atoms with E-state index in [4.69, 9.17) is 0 Å². The van der Waals surface area contributed by atoms with Gasteiger partial charge >= 0.3 is 0 Å². The van der Waals surface area contributed by atoms with E-state index < -0.39 is 9.84 Å². The van der Waals surface area contributed by atoms with Crippen LogP contribution in [0.1, 0.15) is 18.5 Å². The Kier molecular flexibility index (Phi) is 6.12. The Hall–Kier alpha value is -1.47. The molecule has 2 heterocycles. The van der Waals surface area contributed by atoms with Gasteiger partial charge in [-0.05, 0) is 25.6 Å². The van der Waals surface area contributed by atoms with Crippen LogP contribution in [0.2, 0.25) is 0 Å². The standard InChI is InChI=1S/C16H25N3O3S/c1-18(15-8-12-23(21,22)13-15)11-7-16(20)19(2)10-6-14-5-3-4-9-17-14/h3-5,9,15H,6-8,10-13H2,1-2H3/t15-/m0/s1. The predicted octanol–water partition coefficient (Wildman–Crippen LogP) is 0.592. The van der Waals surface area contributed by atoms with Gasteiger partial charge in [0.2, 0.25) is 5.91 Å². The third-order valence-corrected chi connectivity index (χ3v) is 6.12. The highest BCUT2D eigenvalue weighted by Crippen LogP contribution is 2.16. The van der Waals surface area contributed by atoms with Crippen LogP contribution in [-0.4, -0.2) is 73.8 Å². The summed E-state index contributed by atoms with van der Waals surface area (Å²) >= 11 is 0. The summed E-state index contributed by atoms with van der Waals surface area (Å²) in [6, 6.07) is 5.81. The number of carbonyl (C=O) groups excluding carboxylic acids is 1. The van der Waals surface area contributed by atoms with Crippen LogP contribution < -0.4 is 0 Å². The number of pyridine rings is 1. The molecule has 1 saturated heterocycles. The number of sulfone groups is 1. The first-order valence-corrected chi connectivity index (χ1v) is 9.74. The average molecular weight is 339 g/mol. The van der Waals surface area contributed by atoms with Crippen molar-refractivity contribution in [3.05, 3.63) is 30.1 Å². The van der Waals surface area contributed by atoms with Gasteiger partial charge in [-0.25, -0.2) is 8.42 Å². The first-order valence-electron chi connectivity index (χ1n) is 7.92. The second-order valence-corrected chi connectivity index (χ2v) is 8.40. The smallest absolute Gasteiger partial charge is 0.223 e. The first-order chi connectivity index (χ1) is 10.9. The molecule has 0 unspecified atom stereocenters. The fourth-order valence-electron chi connectivity index (χ4n) is 2.72. The highest BCUT2D eigenvalue weighted by molar-refractivity contribution is 7.91. The summed E-state index contributed by atoms with van der Waals surface area (Å²) in [6.45, 7) is 1.23. The van der Waals surface area contributed by atoms with Crippen LogP contribution in [0.25, 0.3) is 0 Å². The van der Waals surface area contributed by atoms with Gasteiger partial charge in [0.1, 0.15) is 0 Å². The fraction of sp³-hybridized carbons (Fsp3) is 0.625. The zero-order chi connectivity index (χ0) is 16.9. The van der Waals surface area contributed by atoms with Crippen molar-refractivity contribution < 1.29 is 13.2 Å². The van der Waals surface area contributed by atoms with E-state index in [9.17, 15) is 13.2 Å². The topological polar surface area (TPSA) is 70.6 Å². The van der Waals surface area contributed by atoms with Crippen LogP contribution in [0, 0.1) is 0 Å². The molecular weight excluding hydrogens is 314 g/mol. The number of hydrogen-bond donors (Lipinski definition) is 0. The van der Waals surface area contributed by atoms with Crippen molar-refractivity contribution in [3.8, 4) is 0 Å². The molecule has 0 spiro atoms. The molecule has 23 heavy (non-hydrogen) atoms. The SMILES string of the molecule is CN(CCc1ccccn1)C(=O)CCN(C)[C@H]1CCS(=O)(=O)C1. The monoisotopic (exact) mass is 339 g/mol. The summed E-state index contributed by atoms with van der Waals surface area (Å²) in [6.07, 6.45) is 3.57. The number of aromatic nitrogens is 1. The van der Waals surface area contributed by atoms with Crippen LogP contribution in [-0.2, 0) is 21.1 Å². The molecular formula is C16H25N3O3S. The van der Waals surface area contributed by atoms with Crippen molar-refractivity contribution in [2.24, 2.45) is 0 Å². The minimum Gasteiger partial charge on any atom is -0.345 e. The van der Waals surface area contributed by atoms with Gasteiger partial charge in [-0.1, -0.05) is 6.07 Å². The first kappa shape index (κ1) is 17.9. The summed E-state index contributed by atoms with van der Waals surface area (Å²) in [7, 11) is 0.814. The van der Waals surface area contributed by atoms with Gasteiger partial charge in [-0.2, -0.15) is 0 Å². The Bertz CT molecular complexity index is 619. The second kappa shape index (κ2) is 7.88. The normalized spacial score (nSPS) is 19.9. The number of rotatable bonds is 7. The van der Waals surface area contributed by atoms with E-state index in [1.165, 1.54) is 0 Å². The van der Waals surface area contributed by atoms with Gasteiger partial charge in [-0.15, -0.1) is 0 Å². The number of amides is 1. The molecule has 1 atom stereocenters. The van der Waals surface area contributed by atoms with E-state index in [1.54, 1.807) is 18.1 Å². The van der Waals surface area contributed by atoms with Crippen LogP contribution in [0.5, 0.6) is 0 Å². The van der Waals surface area contributed by atoms with Crippen LogP contribution in [0.3, 0.4) is 0 Å². The number of nitrogens with zero attached hydrogens (tertiary/aromatic N) is 3. The molecule has 0 bridgehead atoms. The predicted molar refractivity (Wildman–Crippen MR) is 89.9 cm³/mol. The Labute approximate surface area is 138 Å². The quantitative estimate of drug-likeness (QED) is 0.727. The number of hydrogen-bond acceptors (Lipinski definition) is 5. The summed E-state index contributed by atoms with van der Waals surface area (Å²) in [5.41, 5.74) is 0.973. The lowest BCUT2D eigenvalue weighted by Crippen LogP contribution is -2.37. The second-order valence-electron chi connectivity index (χ2n) is 6.17. The number of carbonyl (C=O) groups is 1. The van der Waals surface area contributed by atoms with Crippen molar-refractivity contribution in [3.63, 3.8) is 0 Å². The van der Waals surface area contributed by atoms with Crippen LogP contribution in [0.4, 0.5) is 0 Å². The summed E-state index contributed by atoms with van der Waals surface area (Å²) < 4.78 is 23.0. The molecule has 1 aliphatic heterocycles. The van der Waals surface area contributed by atoms with Crippen molar-refractivity contribution in [2.75, 3.05) is 38.7 Å². The summed E-state index contributed by atoms with van der Waals surface area (Å²) in [5, 5.41) is 0. The minimum absolute atomic E-state index is 0.0478. The molecule has 1 aromatic rings.